The molecule has 1 aromatic heterocycles. The molecule has 2 aliphatic heterocycles. The van der Waals surface area contributed by atoms with Gasteiger partial charge in [0.25, 0.3) is 0 Å². The van der Waals surface area contributed by atoms with Crippen molar-refractivity contribution in [2.45, 2.75) is 56.4 Å². The second-order valence-electron chi connectivity index (χ2n) is 10.8. The van der Waals surface area contributed by atoms with Crippen molar-refractivity contribution < 1.29 is 17.9 Å². The smallest absolute Gasteiger partial charge is 0.175 e. The molecular weight excluding hydrogens is 510 g/mol. The molecular formula is C31H39N3O4S. The Labute approximate surface area is 232 Å². The highest BCUT2D eigenvalue weighted by molar-refractivity contribution is 7.90. The number of likely N-dealkylation sites (tertiary alicyclic amines) is 1. The lowest BCUT2D eigenvalue weighted by Crippen LogP contribution is -2.19. The van der Waals surface area contributed by atoms with Gasteiger partial charge in [0.05, 0.1) is 4.90 Å². The van der Waals surface area contributed by atoms with E-state index in [1.165, 1.54) is 24.7 Å². The number of nitrogens with one attached hydrogen (secondary N) is 1. The van der Waals surface area contributed by atoms with Gasteiger partial charge >= 0.3 is 0 Å². The van der Waals surface area contributed by atoms with Gasteiger partial charge in [0.1, 0.15) is 17.3 Å². The largest absolute Gasteiger partial charge is 0.457 e. The normalized spacial score (nSPS) is 18.8. The zero-order valence-electron chi connectivity index (χ0n) is 23.2. The molecule has 3 aromatic rings. The summed E-state index contributed by atoms with van der Waals surface area (Å²) in [7, 11) is -1.05. The maximum atomic E-state index is 11.8. The van der Waals surface area contributed by atoms with Gasteiger partial charge in [-0.15, -0.1) is 0 Å². The Kier molecular flexibility index (Phi) is 8.54. The molecule has 0 aliphatic carbocycles. The molecule has 1 N–H and O–H groups in total. The number of aryl methyl sites for hydroxylation is 1. The van der Waals surface area contributed by atoms with E-state index in [9.17, 15) is 8.42 Å². The number of hydrogen-bond donors (Lipinski definition) is 1. The first-order chi connectivity index (χ1) is 18.8. The van der Waals surface area contributed by atoms with E-state index in [1.807, 2.05) is 12.1 Å². The van der Waals surface area contributed by atoms with Gasteiger partial charge in [-0.25, -0.2) is 13.4 Å². The minimum atomic E-state index is -3.25. The van der Waals surface area contributed by atoms with Gasteiger partial charge in [-0.3, -0.25) is 4.90 Å². The molecule has 208 valence electrons. The first-order valence-corrected chi connectivity index (χ1v) is 15.8. The number of anilines is 2. The summed E-state index contributed by atoms with van der Waals surface area (Å²) in [4.78, 5) is 7.70. The third-order valence-corrected chi connectivity index (χ3v) is 9.01. The molecule has 5 rings (SSSR count). The van der Waals surface area contributed by atoms with Crippen molar-refractivity contribution in [3.63, 3.8) is 0 Å². The first kappa shape index (κ1) is 27.6. The van der Waals surface area contributed by atoms with Gasteiger partial charge in [0.2, 0.25) is 0 Å². The predicted octanol–water partition coefficient (Wildman–Crippen LogP) is 6.32. The van der Waals surface area contributed by atoms with Crippen LogP contribution in [0.3, 0.4) is 0 Å². The summed E-state index contributed by atoms with van der Waals surface area (Å²) >= 11 is 0. The quantitative estimate of drug-likeness (QED) is 0.335. The summed E-state index contributed by atoms with van der Waals surface area (Å²) in [6.07, 6.45) is 7.46. The minimum Gasteiger partial charge on any atom is -0.457 e. The Morgan fingerprint density at radius 2 is 1.82 bits per heavy atom. The fraction of sp³-hybridized carbons (Fsp3) is 0.452. The molecule has 7 nitrogen and oxygen atoms in total. The average molecular weight is 550 g/mol. The van der Waals surface area contributed by atoms with Gasteiger partial charge in [0.15, 0.2) is 9.84 Å². The van der Waals surface area contributed by atoms with Crippen LogP contribution in [0.25, 0.3) is 0 Å². The summed E-state index contributed by atoms with van der Waals surface area (Å²) < 4.78 is 35.5. The van der Waals surface area contributed by atoms with Gasteiger partial charge in [-0.2, -0.15) is 0 Å². The molecule has 2 saturated heterocycles. The Morgan fingerprint density at radius 1 is 1.05 bits per heavy atom. The number of nitrogens with zero attached hydrogens (tertiary/aromatic N) is 2. The monoisotopic (exact) mass is 549 g/mol. The highest BCUT2D eigenvalue weighted by Gasteiger charge is 2.25. The summed E-state index contributed by atoms with van der Waals surface area (Å²) in [5, 5.41) is 3.53. The van der Waals surface area contributed by atoms with E-state index in [-0.39, 0.29) is 4.90 Å². The Hall–Kier alpha value is -2.94. The van der Waals surface area contributed by atoms with Crippen molar-refractivity contribution in [1.82, 2.24) is 9.88 Å². The molecule has 8 heteroatoms. The van der Waals surface area contributed by atoms with Gasteiger partial charge in [0, 0.05) is 36.9 Å². The number of sulfone groups is 1. The highest BCUT2D eigenvalue weighted by atomic mass is 32.2. The van der Waals surface area contributed by atoms with Crippen molar-refractivity contribution in [3.8, 4) is 11.5 Å². The number of pyridine rings is 1. The van der Waals surface area contributed by atoms with E-state index >= 15 is 0 Å². The van der Waals surface area contributed by atoms with Gasteiger partial charge < -0.3 is 14.8 Å². The highest BCUT2D eigenvalue weighted by Crippen LogP contribution is 2.35. The van der Waals surface area contributed by atoms with Crippen molar-refractivity contribution >= 4 is 21.3 Å². The molecule has 3 heterocycles. The van der Waals surface area contributed by atoms with Crippen LogP contribution >= 0.6 is 0 Å². The fourth-order valence-electron chi connectivity index (χ4n) is 5.68. The third kappa shape index (κ3) is 6.80. The van der Waals surface area contributed by atoms with E-state index < -0.39 is 9.84 Å². The Bertz CT molecular complexity index is 1390. The minimum absolute atomic E-state index is 0.279. The number of benzene rings is 2. The van der Waals surface area contributed by atoms with Crippen LogP contribution in [-0.4, -0.2) is 51.4 Å². The SMILES string of the molecule is CCc1nc(Nc2ccc(Oc3ccc(S(C)(=O)=O)cc3)c(CC3CCOCC3)c2)ccc1[C@@H]1CCCN1C. The van der Waals surface area contributed by atoms with Crippen LogP contribution in [0.4, 0.5) is 11.5 Å². The van der Waals surface area contributed by atoms with Crippen LogP contribution in [-0.2, 0) is 27.4 Å². The van der Waals surface area contributed by atoms with Crippen LogP contribution in [0, 0.1) is 5.92 Å². The van der Waals surface area contributed by atoms with Crippen LogP contribution < -0.4 is 10.1 Å². The molecule has 0 saturated carbocycles. The summed E-state index contributed by atoms with van der Waals surface area (Å²) in [6.45, 7) is 4.89. The van der Waals surface area contributed by atoms with Gasteiger partial charge in [-0.1, -0.05) is 13.0 Å². The van der Waals surface area contributed by atoms with Crippen molar-refractivity contribution in [2.75, 3.05) is 38.4 Å². The molecule has 0 spiro atoms. The second kappa shape index (κ2) is 12.1. The number of ether oxygens (including phenoxy) is 2. The molecule has 39 heavy (non-hydrogen) atoms. The molecule has 2 aliphatic rings. The zero-order valence-corrected chi connectivity index (χ0v) is 24.0. The maximum absolute atomic E-state index is 11.8. The van der Waals surface area contributed by atoms with E-state index in [1.54, 1.807) is 24.3 Å². The lowest BCUT2D eigenvalue weighted by atomic mass is 9.92. The molecule has 1 atom stereocenters. The van der Waals surface area contributed by atoms with E-state index in [0.29, 0.717) is 17.7 Å². The summed E-state index contributed by atoms with van der Waals surface area (Å²) in [6, 6.07) is 17.5. The van der Waals surface area contributed by atoms with Crippen molar-refractivity contribution in [1.29, 1.82) is 0 Å². The fourth-order valence-corrected chi connectivity index (χ4v) is 6.31. The molecule has 2 aromatic carbocycles. The second-order valence-corrected chi connectivity index (χ2v) is 12.8. The van der Waals surface area contributed by atoms with E-state index in [2.05, 4.69) is 42.4 Å². The molecule has 0 bridgehead atoms. The van der Waals surface area contributed by atoms with E-state index in [4.69, 9.17) is 14.5 Å². The summed E-state index contributed by atoms with van der Waals surface area (Å²) in [5.41, 5.74) is 4.57. The zero-order chi connectivity index (χ0) is 27.4. The van der Waals surface area contributed by atoms with Crippen LogP contribution in [0.1, 0.15) is 55.5 Å². The average Bonchev–Trinajstić information content (AvgIpc) is 3.36. The lowest BCUT2D eigenvalue weighted by molar-refractivity contribution is 0.0664. The van der Waals surface area contributed by atoms with Crippen LogP contribution in [0.5, 0.6) is 11.5 Å². The lowest BCUT2D eigenvalue weighted by Gasteiger charge is -2.24. The van der Waals surface area contributed by atoms with Crippen molar-refractivity contribution in [3.05, 3.63) is 71.4 Å². The Morgan fingerprint density at radius 3 is 2.49 bits per heavy atom. The molecule has 0 radical (unpaired) electrons. The maximum Gasteiger partial charge on any atom is 0.175 e. The first-order valence-electron chi connectivity index (χ1n) is 14.0. The molecule has 0 unspecified atom stereocenters. The standard InChI is InChI=1S/C31H39N3O4S/c1-4-28-27(29-6-5-17-34(29)2)12-14-31(33-28)32-24-7-13-30(23(21-24)20-22-15-18-37-19-16-22)38-25-8-10-26(11-9-25)39(3,35)36/h7-14,21-22,29H,4-6,15-20H2,1-3H3,(H,32,33)/t29-/m0/s1. The topological polar surface area (TPSA) is 80.8 Å². The predicted molar refractivity (Wildman–Crippen MR) is 155 cm³/mol. The molecule has 2 fully saturated rings. The Balaban J connectivity index is 1.39. The van der Waals surface area contributed by atoms with E-state index in [0.717, 1.165) is 74.0 Å². The third-order valence-electron chi connectivity index (χ3n) is 7.89. The van der Waals surface area contributed by atoms with Crippen LogP contribution in [0.2, 0.25) is 0 Å². The molecule has 0 amide bonds. The number of aromatic nitrogens is 1. The summed E-state index contributed by atoms with van der Waals surface area (Å²) in [5.74, 6) is 2.76. The number of rotatable bonds is 9. The number of hydrogen-bond acceptors (Lipinski definition) is 7. The van der Waals surface area contributed by atoms with Gasteiger partial charge in [-0.05, 0) is 118 Å². The van der Waals surface area contributed by atoms with Crippen LogP contribution in [0.15, 0.2) is 59.5 Å². The van der Waals surface area contributed by atoms with Crippen molar-refractivity contribution in [2.24, 2.45) is 5.92 Å².